The number of benzene rings is 2. The predicted octanol–water partition coefficient (Wildman–Crippen LogP) is 3.94. The van der Waals surface area contributed by atoms with Crippen molar-refractivity contribution in [2.45, 2.75) is 82.6 Å². The van der Waals surface area contributed by atoms with Gasteiger partial charge in [0.05, 0.1) is 12.1 Å². The van der Waals surface area contributed by atoms with Crippen LogP contribution in [0.4, 0.5) is 0 Å². The summed E-state index contributed by atoms with van der Waals surface area (Å²) in [6, 6.07) is 13.9. The molecular formula is C35H40N2O5. The molecule has 2 aromatic rings. The Morgan fingerprint density at radius 3 is 2.69 bits per heavy atom. The fourth-order valence-electron chi connectivity index (χ4n) is 8.58. The molecule has 1 spiro atoms. The van der Waals surface area contributed by atoms with Gasteiger partial charge < -0.3 is 19.5 Å². The van der Waals surface area contributed by atoms with Crippen LogP contribution in [0, 0.1) is 29.6 Å². The van der Waals surface area contributed by atoms with E-state index in [0.717, 1.165) is 50.8 Å². The van der Waals surface area contributed by atoms with E-state index >= 15 is 0 Å². The fourth-order valence-corrected chi connectivity index (χ4v) is 8.58. The zero-order valence-corrected chi connectivity index (χ0v) is 24.7. The zero-order valence-electron chi connectivity index (χ0n) is 24.7. The second kappa shape index (κ2) is 10.4. The lowest BCUT2D eigenvalue weighted by molar-refractivity contribution is -0.137. The normalized spacial score (nSPS) is 31.8. The molecule has 42 heavy (non-hydrogen) atoms. The Balaban J connectivity index is 1.29. The summed E-state index contributed by atoms with van der Waals surface area (Å²) < 4.78 is 12.7. The van der Waals surface area contributed by atoms with Gasteiger partial charge in [0.2, 0.25) is 0 Å². The SMILES string of the molecule is CC(=O)Oc1ccc2c3c1O[C@H]1[C@H](N(CC(C)C)C(=O)C#Cc4ccccc4)CC[C@H]4[C@@H](C2)N(CC2CC2O)CC[C@@]341. The topological polar surface area (TPSA) is 79.3 Å². The van der Waals surface area contributed by atoms with Crippen molar-refractivity contribution in [3.63, 3.8) is 0 Å². The van der Waals surface area contributed by atoms with Crippen LogP contribution in [0.2, 0.25) is 0 Å². The smallest absolute Gasteiger partial charge is 0.308 e. The second-order valence-electron chi connectivity index (χ2n) is 13.4. The fraction of sp³-hybridized carbons (Fsp3) is 0.543. The first-order valence-corrected chi connectivity index (χ1v) is 15.6. The maximum Gasteiger partial charge on any atom is 0.308 e. The highest BCUT2D eigenvalue weighted by molar-refractivity contribution is 5.94. The molecule has 0 aromatic heterocycles. The first kappa shape index (κ1) is 27.5. The number of carbonyl (C=O) groups is 2. The Kier molecular flexibility index (Phi) is 6.83. The Hall–Kier alpha value is -3.34. The summed E-state index contributed by atoms with van der Waals surface area (Å²) in [4.78, 5) is 30.5. The average molecular weight is 569 g/mol. The minimum absolute atomic E-state index is 0.137. The highest BCUT2D eigenvalue weighted by Gasteiger charge is 2.67. The lowest BCUT2D eigenvalue weighted by Gasteiger charge is -2.60. The quantitative estimate of drug-likeness (QED) is 0.323. The summed E-state index contributed by atoms with van der Waals surface area (Å²) in [6.07, 6.45) is 4.17. The van der Waals surface area contributed by atoms with E-state index in [4.69, 9.17) is 9.47 Å². The van der Waals surface area contributed by atoms with E-state index in [1.807, 2.05) is 41.3 Å². The number of amides is 1. The van der Waals surface area contributed by atoms with E-state index in [1.165, 1.54) is 18.1 Å². The van der Waals surface area contributed by atoms with E-state index in [2.05, 4.69) is 36.7 Å². The lowest BCUT2D eigenvalue weighted by atomic mass is 9.51. The van der Waals surface area contributed by atoms with Gasteiger partial charge >= 0.3 is 5.97 Å². The molecule has 2 heterocycles. The lowest BCUT2D eigenvalue weighted by Crippen LogP contribution is -2.69. The molecule has 2 aliphatic heterocycles. The van der Waals surface area contributed by atoms with E-state index in [-0.39, 0.29) is 41.5 Å². The van der Waals surface area contributed by atoms with Gasteiger partial charge in [-0.2, -0.15) is 0 Å². The molecule has 1 saturated heterocycles. The monoisotopic (exact) mass is 568 g/mol. The van der Waals surface area contributed by atoms with Crippen LogP contribution in [0.1, 0.15) is 63.1 Å². The molecule has 3 fully saturated rings. The van der Waals surface area contributed by atoms with Gasteiger partial charge in [0.25, 0.3) is 5.91 Å². The van der Waals surface area contributed by atoms with Crippen molar-refractivity contribution in [3.05, 3.63) is 59.2 Å². The van der Waals surface area contributed by atoms with Gasteiger partial charge in [0.1, 0.15) is 6.10 Å². The summed E-state index contributed by atoms with van der Waals surface area (Å²) in [5.74, 6) is 7.69. The number of carbonyl (C=O) groups excluding carboxylic acids is 2. The molecule has 7 atom stereocenters. The van der Waals surface area contributed by atoms with Crippen molar-refractivity contribution in [1.82, 2.24) is 9.80 Å². The molecule has 7 nitrogen and oxygen atoms in total. The molecular weight excluding hydrogens is 528 g/mol. The van der Waals surface area contributed by atoms with Crippen LogP contribution in [0.15, 0.2) is 42.5 Å². The Bertz CT molecular complexity index is 1460. The Morgan fingerprint density at radius 1 is 1.19 bits per heavy atom. The van der Waals surface area contributed by atoms with E-state index in [9.17, 15) is 14.7 Å². The van der Waals surface area contributed by atoms with Crippen LogP contribution in [-0.2, 0) is 21.4 Å². The maximum absolute atomic E-state index is 13.9. The molecule has 220 valence electrons. The first-order chi connectivity index (χ1) is 20.3. The zero-order chi connectivity index (χ0) is 29.2. The average Bonchev–Trinajstić information content (AvgIpc) is 3.54. The summed E-state index contributed by atoms with van der Waals surface area (Å²) in [5, 5.41) is 10.1. The Morgan fingerprint density at radius 2 is 1.98 bits per heavy atom. The summed E-state index contributed by atoms with van der Waals surface area (Å²) in [6.45, 7) is 8.17. The van der Waals surface area contributed by atoms with Crippen molar-refractivity contribution in [2.75, 3.05) is 19.6 Å². The van der Waals surface area contributed by atoms with E-state index < -0.39 is 0 Å². The number of ether oxygens (including phenoxy) is 2. The molecule has 2 saturated carbocycles. The molecule has 2 unspecified atom stereocenters. The number of likely N-dealkylation sites (tertiary alicyclic amines) is 1. The molecule has 5 aliphatic rings. The van der Waals surface area contributed by atoms with Crippen LogP contribution in [0.5, 0.6) is 11.5 Å². The number of esters is 1. The molecule has 1 N–H and O–H groups in total. The van der Waals surface area contributed by atoms with Crippen LogP contribution >= 0.6 is 0 Å². The minimum atomic E-state index is -0.366. The molecule has 2 bridgehead atoms. The highest BCUT2D eigenvalue weighted by Crippen LogP contribution is 2.64. The third-order valence-corrected chi connectivity index (χ3v) is 10.3. The number of hydrogen-bond donors (Lipinski definition) is 1. The largest absolute Gasteiger partial charge is 0.483 e. The number of aliphatic hydroxyl groups is 1. The van der Waals surface area contributed by atoms with Gasteiger partial charge in [-0.1, -0.05) is 44.0 Å². The third kappa shape index (κ3) is 4.51. The molecule has 7 rings (SSSR count). The van der Waals surface area contributed by atoms with Gasteiger partial charge in [0.15, 0.2) is 11.5 Å². The van der Waals surface area contributed by atoms with E-state index in [0.29, 0.717) is 35.9 Å². The number of hydrogen-bond acceptors (Lipinski definition) is 6. The molecule has 7 heteroatoms. The standard InChI is InChI=1S/C35H40N2O5/c1-21(2)19-37(31(40)14-9-23-7-5-4-6-8-23)27-12-11-26-28-17-24-10-13-30(41-22(3)38)33-32(24)35(26,34(27)42-33)15-16-36(28)20-25-18-29(25)39/h4-8,10,13,21,25-29,34,39H,11-12,15-20H2,1-3H3/t25?,26-,27+,28+,29?,34-,35-/m0/s1. The van der Waals surface area contributed by atoms with Gasteiger partial charge in [-0.25, -0.2) is 0 Å². The van der Waals surface area contributed by atoms with Gasteiger partial charge in [0, 0.05) is 54.4 Å². The Labute approximate surface area is 248 Å². The molecule has 2 aromatic carbocycles. The van der Waals surface area contributed by atoms with Crippen LogP contribution in [0.3, 0.4) is 0 Å². The second-order valence-corrected chi connectivity index (χ2v) is 13.4. The third-order valence-electron chi connectivity index (χ3n) is 10.3. The van der Waals surface area contributed by atoms with Crippen molar-refractivity contribution >= 4 is 11.9 Å². The summed E-state index contributed by atoms with van der Waals surface area (Å²) in [5.41, 5.74) is 3.03. The number of piperidine rings is 1. The van der Waals surface area contributed by atoms with Crippen molar-refractivity contribution in [3.8, 4) is 23.3 Å². The highest BCUT2D eigenvalue weighted by atomic mass is 16.6. The molecule has 3 aliphatic carbocycles. The van der Waals surface area contributed by atoms with Crippen molar-refractivity contribution < 1.29 is 24.2 Å². The first-order valence-electron chi connectivity index (χ1n) is 15.6. The summed E-state index contributed by atoms with van der Waals surface area (Å²) >= 11 is 0. The predicted molar refractivity (Wildman–Crippen MR) is 158 cm³/mol. The van der Waals surface area contributed by atoms with Crippen LogP contribution < -0.4 is 9.47 Å². The van der Waals surface area contributed by atoms with Crippen LogP contribution in [-0.4, -0.2) is 70.7 Å². The summed E-state index contributed by atoms with van der Waals surface area (Å²) in [7, 11) is 0. The van der Waals surface area contributed by atoms with Crippen LogP contribution in [0.25, 0.3) is 0 Å². The van der Waals surface area contributed by atoms with Gasteiger partial charge in [-0.15, -0.1) is 0 Å². The van der Waals surface area contributed by atoms with Crippen molar-refractivity contribution in [1.29, 1.82) is 0 Å². The van der Waals surface area contributed by atoms with Crippen molar-refractivity contribution in [2.24, 2.45) is 17.8 Å². The number of nitrogens with zero attached hydrogens (tertiary/aromatic N) is 2. The number of aliphatic hydroxyl groups excluding tert-OH is 1. The number of rotatable bonds is 6. The van der Waals surface area contributed by atoms with Gasteiger partial charge in [-0.05, 0) is 74.2 Å². The minimum Gasteiger partial charge on any atom is -0.483 e. The van der Waals surface area contributed by atoms with E-state index in [1.54, 1.807) is 0 Å². The van der Waals surface area contributed by atoms with Gasteiger partial charge in [-0.3, -0.25) is 14.5 Å². The maximum atomic E-state index is 13.9. The molecule has 1 amide bonds. The molecule has 0 radical (unpaired) electrons.